The van der Waals surface area contributed by atoms with Crippen molar-refractivity contribution in [2.45, 2.75) is 0 Å². The number of nitrogens with zero attached hydrogens (tertiary/aromatic N) is 4. The van der Waals surface area contributed by atoms with Gasteiger partial charge in [-0.25, -0.2) is 4.68 Å². The van der Waals surface area contributed by atoms with Crippen molar-refractivity contribution in [2.75, 3.05) is 0 Å². The van der Waals surface area contributed by atoms with Crippen molar-refractivity contribution >= 4 is 15.9 Å². The molecule has 0 fully saturated rings. The van der Waals surface area contributed by atoms with Crippen molar-refractivity contribution in [3.05, 3.63) is 81.6 Å². The van der Waals surface area contributed by atoms with Crippen LogP contribution in [0.2, 0.25) is 0 Å². The lowest BCUT2D eigenvalue weighted by molar-refractivity contribution is 0.429. The van der Waals surface area contributed by atoms with Crippen molar-refractivity contribution in [3.63, 3.8) is 0 Å². The van der Waals surface area contributed by atoms with Crippen LogP contribution in [0.1, 0.15) is 0 Å². The third-order valence-electron chi connectivity index (χ3n) is 3.56. The number of halogens is 1. The lowest BCUT2D eigenvalue weighted by Gasteiger charge is -2.04. The normalized spacial score (nSPS) is 10.8. The second-order valence-corrected chi connectivity index (χ2v) is 6.15. The number of benzene rings is 2. The van der Waals surface area contributed by atoms with Gasteiger partial charge >= 0.3 is 0 Å². The molecule has 0 spiro atoms. The maximum atomic E-state index is 12.2. The quantitative estimate of drug-likeness (QED) is 0.529. The maximum absolute atomic E-state index is 12.2. The van der Waals surface area contributed by atoms with Crippen LogP contribution in [-0.4, -0.2) is 19.9 Å². The second kappa shape index (κ2) is 6.45. The van der Waals surface area contributed by atoms with Gasteiger partial charge in [-0.1, -0.05) is 39.3 Å². The Hall–Kier alpha value is -3.06. The van der Waals surface area contributed by atoms with Crippen LogP contribution < -0.4 is 5.43 Å². The van der Waals surface area contributed by atoms with E-state index in [1.807, 2.05) is 54.6 Å². The van der Waals surface area contributed by atoms with Crippen LogP contribution >= 0.6 is 15.9 Å². The summed E-state index contributed by atoms with van der Waals surface area (Å²) in [7, 11) is 0. The zero-order valence-corrected chi connectivity index (χ0v) is 14.4. The first-order valence-corrected chi connectivity index (χ1v) is 8.25. The molecule has 25 heavy (non-hydrogen) atoms. The van der Waals surface area contributed by atoms with Crippen LogP contribution in [0.25, 0.3) is 28.7 Å². The average molecular weight is 395 g/mol. The van der Waals surface area contributed by atoms with Crippen molar-refractivity contribution in [2.24, 2.45) is 0 Å². The molecule has 4 aromatic rings. The highest BCUT2D eigenvalue weighted by Gasteiger charge is 2.16. The Morgan fingerprint density at radius 1 is 0.960 bits per heavy atom. The number of rotatable bonds is 3. The molecule has 0 amide bonds. The predicted molar refractivity (Wildman–Crippen MR) is 96.3 cm³/mol. The van der Waals surface area contributed by atoms with E-state index in [2.05, 4.69) is 31.2 Å². The van der Waals surface area contributed by atoms with Gasteiger partial charge in [0.15, 0.2) is 5.69 Å². The lowest BCUT2D eigenvalue weighted by Crippen LogP contribution is -2.12. The Morgan fingerprint density at radius 3 is 2.48 bits per heavy atom. The topological polar surface area (TPSA) is 73.8 Å². The molecule has 2 heterocycles. The first-order chi connectivity index (χ1) is 12.2. The molecule has 0 aliphatic rings. The first-order valence-electron chi connectivity index (χ1n) is 7.46. The van der Waals surface area contributed by atoms with E-state index in [1.165, 1.54) is 6.07 Å². The van der Waals surface area contributed by atoms with Gasteiger partial charge < -0.3 is 4.52 Å². The fourth-order valence-electron chi connectivity index (χ4n) is 2.32. The van der Waals surface area contributed by atoms with E-state index in [-0.39, 0.29) is 17.0 Å². The molecule has 0 saturated heterocycles. The Kier molecular flexibility index (Phi) is 3.99. The van der Waals surface area contributed by atoms with Gasteiger partial charge in [-0.05, 0) is 36.4 Å². The van der Waals surface area contributed by atoms with Gasteiger partial charge in [0.2, 0.25) is 11.3 Å². The highest BCUT2D eigenvalue weighted by molar-refractivity contribution is 9.10. The van der Waals surface area contributed by atoms with Gasteiger partial charge in [0.1, 0.15) is 0 Å². The number of hydrogen-bond acceptors (Lipinski definition) is 5. The van der Waals surface area contributed by atoms with Crippen LogP contribution in [0.3, 0.4) is 0 Å². The predicted octanol–water partition coefficient (Wildman–Crippen LogP) is 3.71. The number of hydrogen-bond donors (Lipinski definition) is 0. The molecule has 2 aromatic heterocycles. The minimum atomic E-state index is -0.279. The minimum Gasteiger partial charge on any atom is -0.332 e. The van der Waals surface area contributed by atoms with E-state index in [0.29, 0.717) is 5.82 Å². The molecular weight excluding hydrogens is 384 g/mol. The first kappa shape index (κ1) is 15.5. The number of aromatic nitrogens is 4. The standard InChI is InChI=1S/C18H11BrN4O2/c19-13-8-6-12(7-9-13)17-20-18(25-22-17)16-15(24)10-11-23(21-16)14-4-2-1-3-5-14/h1-11H. The molecule has 0 saturated carbocycles. The van der Waals surface area contributed by atoms with Gasteiger partial charge in [-0.2, -0.15) is 10.1 Å². The molecule has 0 N–H and O–H groups in total. The molecule has 0 aliphatic heterocycles. The van der Waals surface area contributed by atoms with E-state index in [1.54, 1.807) is 10.9 Å². The molecule has 0 unspecified atom stereocenters. The van der Waals surface area contributed by atoms with Gasteiger partial charge in [-0.3, -0.25) is 4.79 Å². The van der Waals surface area contributed by atoms with E-state index >= 15 is 0 Å². The molecular formula is C18H11BrN4O2. The monoisotopic (exact) mass is 394 g/mol. The van der Waals surface area contributed by atoms with Crippen molar-refractivity contribution in [1.29, 1.82) is 0 Å². The van der Waals surface area contributed by atoms with Crippen LogP contribution in [0.5, 0.6) is 0 Å². The number of para-hydroxylation sites is 1. The van der Waals surface area contributed by atoms with Crippen LogP contribution in [-0.2, 0) is 0 Å². The summed E-state index contributed by atoms with van der Waals surface area (Å²) in [5.74, 6) is 0.493. The summed E-state index contributed by atoms with van der Waals surface area (Å²) in [5, 5.41) is 8.28. The molecule has 4 rings (SSSR count). The van der Waals surface area contributed by atoms with E-state index in [4.69, 9.17) is 4.52 Å². The maximum Gasteiger partial charge on any atom is 0.282 e. The fourth-order valence-corrected chi connectivity index (χ4v) is 2.58. The highest BCUT2D eigenvalue weighted by atomic mass is 79.9. The molecule has 6 nitrogen and oxygen atoms in total. The van der Waals surface area contributed by atoms with Crippen LogP contribution in [0.15, 0.2) is 80.7 Å². The average Bonchev–Trinajstić information content (AvgIpc) is 3.13. The largest absolute Gasteiger partial charge is 0.332 e. The zero-order valence-electron chi connectivity index (χ0n) is 12.8. The molecule has 0 bridgehead atoms. The SMILES string of the molecule is O=c1ccn(-c2ccccc2)nc1-c1nc(-c2ccc(Br)cc2)no1. The molecule has 0 aliphatic carbocycles. The van der Waals surface area contributed by atoms with E-state index in [9.17, 15) is 4.79 Å². The minimum absolute atomic E-state index is 0.0909. The summed E-state index contributed by atoms with van der Waals surface area (Å²) >= 11 is 3.38. The van der Waals surface area contributed by atoms with Crippen molar-refractivity contribution in [3.8, 4) is 28.7 Å². The summed E-state index contributed by atoms with van der Waals surface area (Å²) < 4.78 is 7.81. The third-order valence-corrected chi connectivity index (χ3v) is 4.09. The van der Waals surface area contributed by atoms with Gasteiger partial charge in [0.25, 0.3) is 5.89 Å². The van der Waals surface area contributed by atoms with Crippen LogP contribution in [0.4, 0.5) is 0 Å². The Bertz CT molecular complexity index is 1070. The third kappa shape index (κ3) is 3.14. The Labute approximate surface area is 150 Å². The lowest BCUT2D eigenvalue weighted by atomic mass is 10.2. The Morgan fingerprint density at radius 2 is 1.72 bits per heavy atom. The molecule has 7 heteroatoms. The smallest absolute Gasteiger partial charge is 0.282 e. The van der Waals surface area contributed by atoms with Crippen molar-refractivity contribution in [1.82, 2.24) is 19.9 Å². The molecule has 2 aromatic carbocycles. The molecule has 122 valence electrons. The molecule has 0 radical (unpaired) electrons. The van der Waals surface area contributed by atoms with Crippen LogP contribution in [0, 0.1) is 0 Å². The van der Waals surface area contributed by atoms with Gasteiger partial charge in [0, 0.05) is 22.3 Å². The van der Waals surface area contributed by atoms with Gasteiger partial charge in [-0.15, -0.1) is 0 Å². The van der Waals surface area contributed by atoms with Crippen molar-refractivity contribution < 1.29 is 4.52 Å². The zero-order chi connectivity index (χ0) is 17.2. The van der Waals surface area contributed by atoms with Gasteiger partial charge in [0.05, 0.1) is 5.69 Å². The van der Waals surface area contributed by atoms with E-state index in [0.717, 1.165) is 15.7 Å². The summed E-state index contributed by atoms with van der Waals surface area (Å²) in [6, 6.07) is 18.4. The molecule has 0 atom stereocenters. The Balaban J connectivity index is 1.75. The second-order valence-electron chi connectivity index (χ2n) is 5.24. The summed E-state index contributed by atoms with van der Waals surface area (Å²) in [5.41, 5.74) is 1.45. The fraction of sp³-hybridized carbons (Fsp3) is 0. The summed E-state index contributed by atoms with van der Waals surface area (Å²) in [4.78, 5) is 16.5. The highest BCUT2D eigenvalue weighted by Crippen LogP contribution is 2.21. The summed E-state index contributed by atoms with van der Waals surface area (Å²) in [6.07, 6.45) is 1.60. The van der Waals surface area contributed by atoms with E-state index < -0.39 is 0 Å². The summed E-state index contributed by atoms with van der Waals surface area (Å²) in [6.45, 7) is 0.